The molecule has 0 aliphatic rings. The Labute approximate surface area is 177 Å². The summed E-state index contributed by atoms with van der Waals surface area (Å²) in [6.45, 7) is 10.3. The molecule has 0 fully saturated rings. The third kappa shape index (κ3) is 8.11. The van der Waals surface area contributed by atoms with Gasteiger partial charge in [-0.2, -0.15) is 0 Å². The molecule has 6 nitrogen and oxygen atoms in total. The van der Waals surface area contributed by atoms with Crippen molar-refractivity contribution >= 4 is 11.9 Å². The van der Waals surface area contributed by atoms with E-state index in [1.807, 2.05) is 39.8 Å². The molecule has 0 amide bonds. The lowest BCUT2D eigenvalue weighted by Gasteiger charge is -2.10. The van der Waals surface area contributed by atoms with E-state index in [4.69, 9.17) is 19.7 Å². The molecule has 0 aliphatic heterocycles. The normalized spacial score (nSPS) is 9.40. The van der Waals surface area contributed by atoms with Gasteiger partial charge in [-0.15, -0.1) is 0 Å². The zero-order valence-corrected chi connectivity index (χ0v) is 18.2. The highest BCUT2D eigenvalue weighted by Crippen LogP contribution is 2.24. The van der Waals surface area contributed by atoms with Crippen LogP contribution in [0.2, 0.25) is 0 Å². The van der Waals surface area contributed by atoms with Gasteiger partial charge in [-0.25, -0.2) is 14.0 Å². The molecular formula is C23H31FO6. The van der Waals surface area contributed by atoms with Crippen molar-refractivity contribution in [3.05, 3.63) is 58.9 Å². The molecule has 2 N–H and O–H groups in total. The van der Waals surface area contributed by atoms with Gasteiger partial charge in [-0.3, -0.25) is 0 Å². The van der Waals surface area contributed by atoms with E-state index in [0.717, 1.165) is 24.5 Å². The molecule has 166 valence electrons. The summed E-state index contributed by atoms with van der Waals surface area (Å²) in [5.74, 6) is -2.49. The molecule has 30 heavy (non-hydrogen) atoms. The summed E-state index contributed by atoms with van der Waals surface area (Å²) < 4.78 is 23.2. The van der Waals surface area contributed by atoms with Crippen LogP contribution in [0.3, 0.4) is 0 Å². The quantitative estimate of drug-likeness (QED) is 0.568. The minimum Gasteiger partial charge on any atom is -0.493 e. The van der Waals surface area contributed by atoms with E-state index in [1.165, 1.54) is 12.1 Å². The van der Waals surface area contributed by atoms with E-state index in [1.54, 1.807) is 13.0 Å². The summed E-state index contributed by atoms with van der Waals surface area (Å²) in [6.07, 6.45) is 1.69. The Balaban J connectivity index is 0.000000522. The largest absolute Gasteiger partial charge is 0.493 e. The van der Waals surface area contributed by atoms with Gasteiger partial charge in [0.15, 0.2) is 11.6 Å². The Morgan fingerprint density at radius 3 is 2.00 bits per heavy atom. The molecule has 0 spiro atoms. The molecule has 0 aromatic heterocycles. The first-order valence-electron chi connectivity index (χ1n) is 9.99. The van der Waals surface area contributed by atoms with Crippen molar-refractivity contribution in [1.29, 1.82) is 0 Å². The number of halogens is 1. The maximum atomic E-state index is 13.0. The van der Waals surface area contributed by atoms with Crippen molar-refractivity contribution in [2.24, 2.45) is 0 Å². The lowest BCUT2D eigenvalue weighted by Crippen LogP contribution is -2.06. The number of carbonyl (C=O) groups is 2. The van der Waals surface area contributed by atoms with Crippen LogP contribution in [0.4, 0.5) is 4.39 Å². The van der Waals surface area contributed by atoms with Gasteiger partial charge in [-0.1, -0.05) is 45.4 Å². The number of carboxylic acids is 2. The van der Waals surface area contributed by atoms with Crippen molar-refractivity contribution in [2.75, 3.05) is 13.2 Å². The van der Waals surface area contributed by atoms with Crippen molar-refractivity contribution in [1.82, 2.24) is 0 Å². The molecule has 0 heterocycles. The average molecular weight is 422 g/mol. The molecule has 0 bridgehead atoms. The SMILES string of the molecule is CC.CCCc1cccc(OCC)c1C(=O)O.CCOc1c(F)cccc1C(=O)O. The van der Waals surface area contributed by atoms with Crippen LogP contribution in [0.25, 0.3) is 0 Å². The Morgan fingerprint density at radius 1 is 0.900 bits per heavy atom. The summed E-state index contributed by atoms with van der Waals surface area (Å²) in [7, 11) is 0. The zero-order chi connectivity index (χ0) is 23.1. The van der Waals surface area contributed by atoms with Gasteiger partial charge < -0.3 is 19.7 Å². The molecule has 2 rings (SSSR count). The molecule has 0 saturated carbocycles. The Kier molecular flexibility index (Phi) is 13.3. The molecular weight excluding hydrogens is 391 g/mol. The van der Waals surface area contributed by atoms with Crippen LogP contribution in [0.5, 0.6) is 11.5 Å². The standard InChI is InChI=1S/C12H16O3.C9H9FO3.C2H6/c1-3-6-9-7-5-8-10(15-4-2)11(9)12(13)14;1-2-13-8-6(9(11)12)4-3-5-7(8)10;1-2/h5,7-8H,3-4,6H2,1-2H3,(H,13,14);3-5H,2H2,1H3,(H,11,12);1-2H3. The van der Waals surface area contributed by atoms with Gasteiger partial charge in [-0.05, 0) is 44.0 Å². The second kappa shape index (κ2) is 14.8. The molecule has 7 heteroatoms. The van der Waals surface area contributed by atoms with E-state index in [2.05, 4.69) is 0 Å². The number of hydrogen-bond donors (Lipinski definition) is 2. The number of rotatable bonds is 8. The van der Waals surface area contributed by atoms with Gasteiger partial charge in [0.25, 0.3) is 0 Å². The summed E-state index contributed by atoms with van der Waals surface area (Å²) >= 11 is 0. The van der Waals surface area contributed by atoms with Crippen molar-refractivity contribution < 1.29 is 33.7 Å². The first-order valence-corrected chi connectivity index (χ1v) is 9.99. The van der Waals surface area contributed by atoms with Crippen molar-refractivity contribution in [3.63, 3.8) is 0 Å². The second-order valence-corrected chi connectivity index (χ2v) is 5.63. The van der Waals surface area contributed by atoms with E-state index in [0.29, 0.717) is 17.9 Å². The highest BCUT2D eigenvalue weighted by molar-refractivity contribution is 5.92. The predicted octanol–water partition coefficient (Wildman–Crippen LogP) is 5.68. The van der Waals surface area contributed by atoms with Crippen LogP contribution in [-0.2, 0) is 6.42 Å². The highest BCUT2D eigenvalue weighted by atomic mass is 19.1. The second-order valence-electron chi connectivity index (χ2n) is 5.63. The van der Waals surface area contributed by atoms with Crippen LogP contribution in [0.1, 0.15) is 67.3 Å². The summed E-state index contributed by atoms with van der Waals surface area (Å²) in [6, 6.07) is 9.18. The van der Waals surface area contributed by atoms with Crippen molar-refractivity contribution in [2.45, 2.75) is 47.5 Å². The van der Waals surface area contributed by atoms with Crippen LogP contribution in [0.15, 0.2) is 36.4 Å². The fourth-order valence-corrected chi connectivity index (χ4v) is 2.54. The summed E-state index contributed by atoms with van der Waals surface area (Å²) in [5.41, 5.74) is 0.999. The van der Waals surface area contributed by atoms with Gasteiger partial charge in [0.2, 0.25) is 0 Å². The molecule has 0 atom stereocenters. The Bertz CT molecular complexity index is 780. The van der Waals surface area contributed by atoms with Gasteiger partial charge in [0.1, 0.15) is 16.9 Å². The molecule has 0 saturated heterocycles. The number of ether oxygens (including phenoxy) is 2. The molecule has 0 radical (unpaired) electrons. The Morgan fingerprint density at radius 2 is 1.50 bits per heavy atom. The van der Waals surface area contributed by atoms with Gasteiger partial charge in [0.05, 0.1) is 13.2 Å². The summed E-state index contributed by atoms with van der Waals surface area (Å²) in [5, 5.41) is 17.8. The smallest absolute Gasteiger partial charge is 0.339 e. The number of para-hydroxylation sites is 1. The highest BCUT2D eigenvalue weighted by Gasteiger charge is 2.16. The molecule has 0 aliphatic carbocycles. The fourth-order valence-electron chi connectivity index (χ4n) is 2.54. The fraction of sp³-hybridized carbons (Fsp3) is 0.391. The van der Waals surface area contributed by atoms with E-state index in [9.17, 15) is 14.0 Å². The molecule has 0 unspecified atom stereocenters. The average Bonchev–Trinajstić information content (AvgIpc) is 2.72. The molecule has 2 aromatic carbocycles. The number of aryl methyl sites for hydroxylation is 1. The number of aromatic carboxylic acids is 2. The number of hydrogen-bond acceptors (Lipinski definition) is 4. The van der Waals surface area contributed by atoms with E-state index < -0.39 is 17.8 Å². The van der Waals surface area contributed by atoms with Crippen molar-refractivity contribution in [3.8, 4) is 11.5 Å². The third-order valence-corrected chi connectivity index (χ3v) is 3.63. The minimum absolute atomic E-state index is 0.151. The lowest BCUT2D eigenvalue weighted by atomic mass is 10.0. The van der Waals surface area contributed by atoms with Gasteiger partial charge >= 0.3 is 11.9 Å². The monoisotopic (exact) mass is 422 g/mol. The molecule has 2 aromatic rings. The van der Waals surface area contributed by atoms with Crippen LogP contribution < -0.4 is 9.47 Å². The van der Waals surface area contributed by atoms with E-state index in [-0.39, 0.29) is 17.9 Å². The first-order chi connectivity index (χ1) is 14.4. The van der Waals surface area contributed by atoms with Crippen LogP contribution >= 0.6 is 0 Å². The minimum atomic E-state index is -1.19. The van der Waals surface area contributed by atoms with Crippen LogP contribution in [0, 0.1) is 5.82 Å². The number of carboxylic acid groups (broad SMARTS) is 2. The lowest BCUT2D eigenvalue weighted by molar-refractivity contribution is 0.0680. The maximum absolute atomic E-state index is 13.0. The first kappa shape index (κ1) is 26.9. The number of benzene rings is 2. The summed E-state index contributed by atoms with van der Waals surface area (Å²) in [4.78, 5) is 21.7. The Hall–Kier alpha value is -3.09. The van der Waals surface area contributed by atoms with E-state index >= 15 is 0 Å². The van der Waals surface area contributed by atoms with Gasteiger partial charge in [0, 0.05) is 0 Å². The zero-order valence-electron chi connectivity index (χ0n) is 18.2. The topological polar surface area (TPSA) is 93.1 Å². The maximum Gasteiger partial charge on any atom is 0.339 e. The predicted molar refractivity (Wildman–Crippen MR) is 114 cm³/mol. The van der Waals surface area contributed by atoms with Crippen LogP contribution in [-0.4, -0.2) is 35.4 Å². The third-order valence-electron chi connectivity index (χ3n) is 3.63.